The van der Waals surface area contributed by atoms with Gasteiger partial charge in [0, 0.05) is 12.0 Å². The Morgan fingerprint density at radius 1 is 0.775 bits per heavy atom. The first kappa shape index (κ1) is 29.6. The van der Waals surface area contributed by atoms with E-state index < -0.39 is 24.4 Å². The Hall–Kier alpha value is -3.42. The standard InChI is InChI=1S/C33H41BN2O4/c1-23(2)20-29(34-39-32(3,4)33(5,6)40-34)36-31(38)28(21-24-14-9-7-10-15-24)35-30(37)27-19-13-18-26(22-27)25-16-11-8-12-17-25/h7-19,22-23,28-29H,20-21H2,1-6H3,(H,35,37)(H,36,38)/t28-,29-/m0/s1. The highest BCUT2D eigenvalue weighted by Crippen LogP contribution is 2.38. The van der Waals surface area contributed by atoms with Gasteiger partial charge in [0.05, 0.1) is 17.1 Å². The largest absolute Gasteiger partial charge is 0.481 e. The maximum atomic E-state index is 13.8. The van der Waals surface area contributed by atoms with E-state index in [4.69, 9.17) is 9.31 Å². The molecule has 1 heterocycles. The lowest BCUT2D eigenvalue weighted by molar-refractivity contribution is -0.123. The molecule has 0 bridgehead atoms. The Morgan fingerprint density at radius 3 is 1.95 bits per heavy atom. The van der Waals surface area contributed by atoms with Crippen molar-refractivity contribution in [3.05, 3.63) is 96.1 Å². The van der Waals surface area contributed by atoms with Gasteiger partial charge in [-0.25, -0.2) is 0 Å². The van der Waals surface area contributed by atoms with Crippen LogP contribution in [0.5, 0.6) is 0 Å². The number of nitrogens with one attached hydrogen (secondary N) is 2. The predicted molar refractivity (Wildman–Crippen MR) is 161 cm³/mol. The van der Waals surface area contributed by atoms with Gasteiger partial charge in [-0.3, -0.25) is 9.59 Å². The molecule has 0 aliphatic carbocycles. The Labute approximate surface area is 239 Å². The second kappa shape index (κ2) is 12.4. The molecule has 210 valence electrons. The average Bonchev–Trinajstić information content (AvgIpc) is 3.15. The number of rotatable bonds is 10. The second-order valence-electron chi connectivity index (χ2n) is 12.0. The van der Waals surface area contributed by atoms with Gasteiger partial charge in [-0.1, -0.05) is 86.6 Å². The highest BCUT2D eigenvalue weighted by Gasteiger charge is 2.54. The minimum absolute atomic E-state index is 0.267. The molecule has 0 aromatic heterocycles. The van der Waals surface area contributed by atoms with Crippen LogP contribution in [0.4, 0.5) is 0 Å². The molecular formula is C33H41BN2O4. The van der Waals surface area contributed by atoms with Gasteiger partial charge in [0.2, 0.25) is 5.91 Å². The summed E-state index contributed by atoms with van der Waals surface area (Å²) in [7, 11) is -0.591. The van der Waals surface area contributed by atoms with Gasteiger partial charge in [0.25, 0.3) is 5.91 Å². The van der Waals surface area contributed by atoms with Crippen molar-refractivity contribution in [1.82, 2.24) is 10.6 Å². The third-order valence-electron chi connectivity index (χ3n) is 7.79. The molecule has 0 radical (unpaired) electrons. The first-order valence-corrected chi connectivity index (χ1v) is 14.1. The summed E-state index contributed by atoms with van der Waals surface area (Å²) in [5.74, 6) is -0.640. The van der Waals surface area contributed by atoms with Crippen molar-refractivity contribution < 1.29 is 18.9 Å². The van der Waals surface area contributed by atoms with Crippen molar-refractivity contribution >= 4 is 18.9 Å². The van der Waals surface area contributed by atoms with Gasteiger partial charge in [0.15, 0.2) is 0 Å². The smallest absolute Gasteiger partial charge is 0.402 e. The van der Waals surface area contributed by atoms with Crippen molar-refractivity contribution in [1.29, 1.82) is 0 Å². The molecule has 40 heavy (non-hydrogen) atoms. The van der Waals surface area contributed by atoms with E-state index in [1.165, 1.54) is 0 Å². The van der Waals surface area contributed by atoms with Crippen molar-refractivity contribution in [2.75, 3.05) is 0 Å². The molecule has 7 heteroatoms. The Morgan fingerprint density at radius 2 is 1.35 bits per heavy atom. The summed E-state index contributed by atoms with van der Waals surface area (Å²) in [6.07, 6.45) is 1.03. The van der Waals surface area contributed by atoms with E-state index in [0.717, 1.165) is 16.7 Å². The molecule has 1 aliphatic heterocycles. The van der Waals surface area contributed by atoms with Gasteiger partial charge in [0.1, 0.15) is 6.04 Å². The first-order chi connectivity index (χ1) is 18.9. The quantitative estimate of drug-likeness (QED) is 0.316. The number of carbonyl (C=O) groups is 2. The summed E-state index contributed by atoms with van der Waals surface area (Å²) < 4.78 is 12.6. The first-order valence-electron chi connectivity index (χ1n) is 14.1. The topological polar surface area (TPSA) is 76.7 Å². The van der Waals surface area contributed by atoms with Gasteiger partial charge in [-0.15, -0.1) is 0 Å². The third-order valence-corrected chi connectivity index (χ3v) is 7.79. The van der Waals surface area contributed by atoms with E-state index in [1.807, 2.05) is 107 Å². The Bertz CT molecular complexity index is 1280. The molecule has 3 aromatic rings. The molecule has 6 nitrogen and oxygen atoms in total. The van der Waals surface area contributed by atoms with Crippen LogP contribution < -0.4 is 10.6 Å². The predicted octanol–water partition coefficient (Wildman–Crippen LogP) is 5.86. The molecule has 4 rings (SSSR count). The summed E-state index contributed by atoms with van der Waals surface area (Å²) in [6.45, 7) is 12.2. The van der Waals surface area contributed by atoms with Crippen LogP contribution in [0.25, 0.3) is 11.1 Å². The SMILES string of the molecule is CC(C)C[C@H](NC(=O)[C@H](Cc1ccccc1)NC(=O)c1cccc(-c2ccccc2)c1)B1OC(C)(C)C(C)(C)O1. The van der Waals surface area contributed by atoms with Gasteiger partial charge in [-0.2, -0.15) is 0 Å². The zero-order valence-corrected chi connectivity index (χ0v) is 24.4. The number of amides is 2. The van der Waals surface area contributed by atoms with Crippen molar-refractivity contribution in [3.8, 4) is 11.1 Å². The van der Waals surface area contributed by atoms with Gasteiger partial charge in [-0.05, 0) is 68.9 Å². The monoisotopic (exact) mass is 540 g/mol. The average molecular weight is 541 g/mol. The minimum atomic E-state index is -0.785. The van der Waals surface area contributed by atoms with Crippen LogP contribution in [-0.4, -0.2) is 42.1 Å². The zero-order chi connectivity index (χ0) is 28.9. The molecule has 0 saturated carbocycles. The third kappa shape index (κ3) is 7.20. The fourth-order valence-electron chi connectivity index (χ4n) is 4.85. The number of carbonyl (C=O) groups excluding carboxylic acids is 2. The van der Waals surface area contributed by atoms with E-state index >= 15 is 0 Å². The van der Waals surface area contributed by atoms with E-state index in [-0.39, 0.29) is 17.8 Å². The molecule has 2 atom stereocenters. The lowest BCUT2D eigenvalue weighted by atomic mass is 9.73. The molecule has 1 aliphatic rings. The molecule has 2 amide bonds. The number of hydrogen-bond donors (Lipinski definition) is 2. The normalized spacial score (nSPS) is 17.3. The van der Waals surface area contributed by atoms with Crippen LogP contribution in [0.3, 0.4) is 0 Å². The van der Waals surface area contributed by atoms with E-state index in [0.29, 0.717) is 24.3 Å². The highest BCUT2D eigenvalue weighted by atomic mass is 16.7. The van der Waals surface area contributed by atoms with Crippen LogP contribution in [0.15, 0.2) is 84.9 Å². The Balaban J connectivity index is 1.56. The summed E-state index contributed by atoms with van der Waals surface area (Å²) in [6, 6.07) is 26.3. The number of hydrogen-bond acceptors (Lipinski definition) is 4. The summed E-state index contributed by atoms with van der Waals surface area (Å²) in [4.78, 5) is 27.3. The zero-order valence-electron chi connectivity index (χ0n) is 24.4. The molecule has 2 N–H and O–H groups in total. The lowest BCUT2D eigenvalue weighted by Gasteiger charge is -2.32. The Kier molecular flexibility index (Phi) is 9.17. The molecular weight excluding hydrogens is 499 g/mol. The van der Waals surface area contributed by atoms with Crippen molar-refractivity contribution in [2.45, 2.75) is 77.6 Å². The van der Waals surface area contributed by atoms with Crippen LogP contribution >= 0.6 is 0 Å². The molecule has 1 saturated heterocycles. The second-order valence-corrected chi connectivity index (χ2v) is 12.0. The maximum Gasteiger partial charge on any atom is 0.481 e. The summed E-state index contributed by atoms with van der Waals surface area (Å²) in [5.41, 5.74) is 2.39. The van der Waals surface area contributed by atoms with Crippen LogP contribution in [0.1, 0.15) is 63.9 Å². The fourth-order valence-corrected chi connectivity index (χ4v) is 4.85. The number of benzene rings is 3. The van der Waals surface area contributed by atoms with Gasteiger partial charge < -0.3 is 19.9 Å². The van der Waals surface area contributed by atoms with Crippen molar-refractivity contribution in [2.24, 2.45) is 5.92 Å². The van der Waals surface area contributed by atoms with Crippen molar-refractivity contribution in [3.63, 3.8) is 0 Å². The fraction of sp³-hybridized carbons (Fsp3) is 0.394. The van der Waals surface area contributed by atoms with E-state index in [1.54, 1.807) is 6.07 Å². The molecule has 0 unspecified atom stereocenters. The minimum Gasteiger partial charge on any atom is -0.402 e. The van der Waals surface area contributed by atoms with Crippen LogP contribution in [0.2, 0.25) is 0 Å². The lowest BCUT2D eigenvalue weighted by Crippen LogP contribution is -2.55. The maximum absolute atomic E-state index is 13.8. The summed E-state index contributed by atoms with van der Waals surface area (Å²) >= 11 is 0. The van der Waals surface area contributed by atoms with E-state index in [9.17, 15) is 9.59 Å². The van der Waals surface area contributed by atoms with E-state index in [2.05, 4.69) is 24.5 Å². The molecule has 1 fully saturated rings. The van der Waals surface area contributed by atoms with Crippen LogP contribution in [0, 0.1) is 5.92 Å². The molecule has 3 aromatic carbocycles. The molecule has 0 spiro atoms. The highest BCUT2D eigenvalue weighted by molar-refractivity contribution is 6.48. The van der Waals surface area contributed by atoms with Gasteiger partial charge >= 0.3 is 7.12 Å². The summed E-state index contributed by atoms with van der Waals surface area (Å²) in [5, 5.41) is 6.19. The van der Waals surface area contributed by atoms with Crippen LogP contribution in [-0.2, 0) is 20.5 Å².